The Morgan fingerprint density at radius 2 is 2.14 bits per heavy atom. The number of benzene rings is 1. The Morgan fingerprint density at radius 3 is 3.00 bits per heavy atom. The summed E-state index contributed by atoms with van der Waals surface area (Å²) in [6.07, 6.45) is 11.6. The van der Waals surface area contributed by atoms with Gasteiger partial charge in [-0.2, -0.15) is 0 Å². The molecule has 3 rings (SSSR count). The maximum Gasteiger partial charge on any atom is 0.0902 e. The van der Waals surface area contributed by atoms with E-state index in [-0.39, 0.29) is 0 Å². The highest BCUT2D eigenvalue weighted by Crippen LogP contribution is 2.41. The first-order chi connectivity index (χ1) is 10.2. The van der Waals surface area contributed by atoms with Crippen molar-refractivity contribution in [3.05, 3.63) is 42.2 Å². The maximum atomic E-state index is 11.3. The summed E-state index contributed by atoms with van der Waals surface area (Å²) >= 11 is 0. The summed E-state index contributed by atoms with van der Waals surface area (Å²) in [6, 6.07) is 8.26. The van der Waals surface area contributed by atoms with Crippen molar-refractivity contribution in [3.63, 3.8) is 0 Å². The van der Waals surface area contributed by atoms with Crippen LogP contribution >= 0.6 is 0 Å². The topological polar surface area (TPSA) is 33.1 Å². The number of rotatable bonds is 3. The van der Waals surface area contributed by atoms with Gasteiger partial charge in [0.25, 0.3) is 0 Å². The number of pyridine rings is 1. The Balaban J connectivity index is 1.93. The number of aromatic nitrogens is 1. The fraction of sp³-hybridized carbons (Fsp3) is 0.526. The Morgan fingerprint density at radius 1 is 1.24 bits per heavy atom. The zero-order valence-corrected chi connectivity index (χ0v) is 12.9. The van der Waals surface area contributed by atoms with Gasteiger partial charge in [-0.3, -0.25) is 4.98 Å². The molecule has 21 heavy (non-hydrogen) atoms. The molecule has 0 spiro atoms. The molecule has 1 saturated carbocycles. The standard InChI is InChI=1S/C19H25NO/c1-2-5-15-6-4-11-19(21,12-9-15)18-8-3-7-16-14-20-13-10-17(16)18/h3,7-8,10,13-15,21H,2,4-6,9,11-12H2,1H3. The molecule has 0 radical (unpaired) electrons. The first-order valence-corrected chi connectivity index (χ1v) is 8.28. The van der Waals surface area contributed by atoms with Crippen LogP contribution in [-0.2, 0) is 5.60 Å². The highest BCUT2D eigenvalue weighted by atomic mass is 16.3. The van der Waals surface area contributed by atoms with Crippen molar-refractivity contribution < 1.29 is 5.11 Å². The summed E-state index contributed by atoms with van der Waals surface area (Å²) in [5, 5.41) is 13.6. The van der Waals surface area contributed by atoms with Gasteiger partial charge in [0, 0.05) is 17.8 Å². The highest BCUT2D eigenvalue weighted by molar-refractivity contribution is 5.85. The van der Waals surface area contributed by atoms with Gasteiger partial charge in [-0.15, -0.1) is 0 Å². The van der Waals surface area contributed by atoms with E-state index in [1.54, 1.807) is 0 Å². The summed E-state index contributed by atoms with van der Waals surface area (Å²) in [6.45, 7) is 2.26. The minimum Gasteiger partial charge on any atom is -0.385 e. The van der Waals surface area contributed by atoms with Gasteiger partial charge in [-0.1, -0.05) is 44.4 Å². The molecule has 0 amide bonds. The number of fused-ring (bicyclic) bond motifs is 1. The van der Waals surface area contributed by atoms with Gasteiger partial charge in [0.15, 0.2) is 0 Å². The Hall–Kier alpha value is -1.41. The second kappa shape index (κ2) is 6.15. The van der Waals surface area contributed by atoms with Crippen LogP contribution in [0.15, 0.2) is 36.7 Å². The van der Waals surface area contributed by atoms with Gasteiger partial charge >= 0.3 is 0 Å². The number of aliphatic hydroxyl groups is 1. The molecule has 0 saturated heterocycles. The number of nitrogens with zero attached hydrogens (tertiary/aromatic N) is 1. The lowest BCUT2D eigenvalue weighted by molar-refractivity contribution is 0.0210. The molecule has 1 aliphatic rings. The molecular formula is C19H25NO. The normalized spacial score (nSPS) is 26.7. The molecule has 1 aromatic heterocycles. The van der Waals surface area contributed by atoms with E-state index in [0.717, 1.165) is 47.9 Å². The molecule has 2 atom stereocenters. The van der Waals surface area contributed by atoms with Crippen molar-refractivity contribution in [2.45, 2.75) is 57.5 Å². The third-order valence-electron chi connectivity index (χ3n) is 5.05. The molecule has 0 aliphatic heterocycles. The van der Waals surface area contributed by atoms with E-state index in [2.05, 4.69) is 24.0 Å². The Labute approximate surface area is 127 Å². The van der Waals surface area contributed by atoms with Crippen LogP contribution in [0.25, 0.3) is 10.8 Å². The minimum absolute atomic E-state index is 0.663. The van der Waals surface area contributed by atoms with Gasteiger partial charge in [0.2, 0.25) is 0 Å². The highest BCUT2D eigenvalue weighted by Gasteiger charge is 2.33. The predicted molar refractivity (Wildman–Crippen MR) is 87.1 cm³/mol. The molecule has 1 N–H and O–H groups in total. The first-order valence-electron chi connectivity index (χ1n) is 8.28. The van der Waals surface area contributed by atoms with E-state index in [1.165, 1.54) is 19.3 Å². The lowest BCUT2D eigenvalue weighted by Gasteiger charge is -2.28. The quantitative estimate of drug-likeness (QED) is 0.821. The molecule has 0 bridgehead atoms. The fourth-order valence-electron chi connectivity index (χ4n) is 3.89. The summed E-state index contributed by atoms with van der Waals surface area (Å²) in [5.41, 5.74) is 0.433. The summed E-state index contributed by atoms with van der Waals surface area (Å²) < 4.78 is 0. The van der Waals surface area contributed by atoms with E-state index < -0.39 is 5.60 Å². The second-order valence-electron chi connectivity index (χ2n) is 6.52. The SMILES string of the molecule is CCCC1CCCC(O)(c2cccc3cnccc23)CC1. The molecular weight excluding hydrogens is 258 g/mol. The van der Waals surface area contributed by atoms with Gasteiger partial charge in [0.05, 0.1) is 5.60 Å². The van der Waals surface area contributed by atoms with E-state index in [0.29, 0.717) is 0 Å². The average Bonchev–Trinajstić information content (AvgIpc) is 2.70. The van der Waals surface area contributed by atoms with E-state index in [4.69, 9.17) is 0 Å². The van der Waals surface area contributed by atoms with Crippen molar-refractivity contribution in [3.8, 4) is 0 Å². The van der Waals surface area contributed by atoms with Crippen LogP contribution in [-0.4, -0.2) is 10.1 Å². The van der Waals surface area contributed by atoms with Crippen molar-refractivity contribution in [1.82, 2.24) is 4.98 Å². The van der Waals surface area contributed by atoms with Crippen LogP contribution < -0.4 is 0 Å². The molecule has 1 heterocycles. The van der Waals surface area contributed by atoms with E-state index in [9.17, 15) is 5.11 Å². The Bertz CT molecular complexity index is 604. The summed E-state index contributed by atoms with van der Waals surface area (Å²) in [7, 11) is 0. The second-order valence-corrected chi connectivity index (χ2v) is 6.52. The van der Waals surface area contributed by atoms with E-state index >= 15 is 0 Å². The van der Waals surface area contributed by atoms with Gasteiger partial charge in [-0.25, -0.2) is 0 Å². The van der Waals surface area contributed by atoms with Crippen molar-refractivity contribution >= 4 is 10.8 Å². The lowest BCUT2D eigenvalue weighted by Crippen LogP contribution is -2.25. The van der Waals surface area contributed by atoms with Gasteiger partial charge < -0.3 is 5.11 Å². The third kappa shape index (κ3) is 2.96. The molecule has 2 unspecified atom stereocenters. The van der Waals surface area contributed by atoms with Crippen LogP contribution in [0.3, 0.4) is 0 Å². The minimum atomic E-state index is -0.663. The van der Waals surface area contributed by atoms with Crippen molar-refractivity contribution in [2.75, 3.05) is 0 Å². The third-order valence-corrected chi connectivity index (χ3v) is 5.05. The summed E-state index contributed by atoms with van der Waals surface area (Å²) in [4.78, 5) is 4.20. The largest absolute Gasteiger partial charge is 0.385 e. The van der Waals surface area contributed by atoms with Crippen molar-refractivity contribution in [2.24, 2.45) is 5.92 Å². The van der Waals surface area contributed by atoms with Crippen molar-refractivity contribution in [1.29, 1.82) is 0 Å². The molecule has 1 aliphatic carbocycles. The lowest BCUT2D eigenvalue weighted by atomic mass is 9.83. The molecule has 1 fully saturated rings. The molecule has 1 aromatic carbocycles. The first kappa shape index (κ1) is 14.5. The maximum absolute atomic E-state index is 11.3. The molecule has 2 heteroatoms. The van der Waals surface area contributed by atoms with Crippen LogP contribution in [0, 0.1) is 5.92 Å². The number of hydrogen-bond acceptors (Lipinski definition) is 2. The Kier molecular flexibility index (Phi) is 4.25. The van der Waals surface area contributed by atoms with Crippen LogP contribution in [0.5, 0.6) is 0 Å². The van der Waals surface area contributed by atoms with Crippen LogP contribution in [0.4, 0.5) is 0 Å². The average molecular weight is 283 g/mol. The predicted octanol–water partition coefficient (Wildman–Crippen LogP) is 4.80. The smallest absolute Gasteiger partial charge is 0.0902 e. The fourth-order valence-corrected chi connectivity index (χ4v) is 3.89. The summed E-state index contributed by atoms with van der Waals surface area (Å²) in [5.74, 6) is 0.792. The van der Waals surface area contributed by atoms with Gasteiger partial charge in [0.1, 0.15) is 0 Å². The molecule has 112 valence electrons. The molecule has 2 nitrogen and oxygen atoms in total. The van der Waals surface area contributed by atoms with E-state index in [1.807, 2.05) is 24.5 Å². The zero-order valence-electron chi connectivity index (χ0n) is 12.9. The monoisotopic (exact) mass is 283 g/mol. The van der Waals surface area contributed by atoms with Crippen LogP contribution in [0.2, 0.25) is 0 Å². The number of hydrogen-bond donors (Lipinski definition) is 1. The molecule has 2 aromatic rings. The van der Waals surface area contributed by atoms with Gasteiger partial charge in [-0.05, 0) is 48.6 Å². The zero-order chi connectivity index (χ0) is 14.7. The van der Waals surface area contributed by atoms with Crippen LogP contribution in [0.1, 0.15) is 57.4 Å².